The molecule has 0 atom stereocenters. The van der Waals surface area contributed by atoms with Crippen LogP contribution in [0.5, 0.6) is 0 Å². The van der Waals surface area contributed by atoms with Crippen LogP contribution < -0.4 is 10.2 Å². The molecular formula is C13H20N4O2. The number of hydrogen-bond acceptors (Lipinski definition) is 5. The predicted molar refractivity (Wildman–Crippen MR) is 74.5 cm³/mol. The first-order chi connectivity index (χ1) is 9.11. The number of anilines is 1. The molecule has 6 heteroatoms. The summed E-state index contributed by atoms with van der Waals surface area (Å²) in [5.74, 6) is 1.60. The van der Waals surface area contributed by atoms with Crippen molar-refractivity contribution in [3.05, 3.63) is 27.9 Å². The van der Waals surface area contributed by atoms with Crippen LogP contribution in [0.25, 0.3) is 0 Å². The molecule has 1 aromatic rings. The fourth-order valence-electron chi connectivity index (χ4n) is 2.62. The Hall–Kier alpha value is -1.69. The van der Waals surface area contributed by atoms with Gasteiger partial charge in [0.2, 0.25) is 0 Å². The van der Waals surface area contributed by atoms with Crippen LogP contribution in [0.15, 0.2) is 12.3 Å². The van der Waals surface area contributed by atoms with Gasteiger partial charge in [-0.3, -0.25) is 10.1 Å². The average molecular weight is 264 g/mol. The average Bonchev–Trinajstić information content (AvgIpc) is 2.40. The smallest absolute Gasteiger partial charge is 0.287 e. The summed E-state index contributed by atoms with van der Waals surface area (Å²) in [5.41, 5.74) is 0.938. The Labute approximate surface area is 113 Å². The second-order valence-electron chi connectivity index (χ2n) is 5.08. The van der Waals surface area contributed by atoms with Gasteiger partial charge in [-0.25, -0.2) is 4.98 Å². The zero-order chi connectivity index (χ0) is 13.8. The molecule has 1 aliphatic rings. The minimum atomic E-state index is -0.400. The van der Waals surface area contributed by atoms with Crippen LogP contribution >= 0.6 is 0 Å². The van der Waals surface area contributed by atoms with E-state index in [4.69, 9.17) is 0 Å². The van der Waals surface area contributed by atoms with Crippen molar-refractivity contribution < 1.29 is 4.92 Å². The lowest BCUT2D eigenvalue weighted by Crippen LogP contribution is -2.37. The second-order valence-corrected chi connectivity index (χ2v) is 5.08. The minimum absolute atomic E-state index is 0.0614. The van der Waals surface area contributed by atoms with Crippen LogP contribution in [0.3, 0.4) is 0 Å². The molecule has 1 N–H and O–H groups in total. The maximum Gasteiger partial charge on any atom is 0.287 e. The van der Waals surface area contributed by atoms with Gasteiger partial charge in [-0.15, -0.1) is 0 Å². The topological polar surface area (TPSA) is 71.3 Å². The van der Waals surface area contributed by atoms with E-state index in [0.29, 0.717) is 0 Å². The van der Waals surface area contributed by atoms with Crippen LogP contribution in [0, 0.1) is 23.0 Å². The Kier molecular flexibility index (Phi) is 4.31. The zero-order valence-corrected chi connectivity index (χ0v) is 11.4. The first-order valence-electron chi connectivity index (χ1n) is 6.62. The maximum absolute atomic E-state index is 10.7. The molecule has 2 rings (SSSR count). The first kappa shape index (κ1) is 13.7. The number of hydrogen-bond donors (Lipinski definition) is 1. The van der Waals surface area contributed by atoms with Gasteiger partial charge in [0.05, 0.1) is 4.92 Å². The van der Waals surface area contributed by atoms with E-state index >= 15 is 0 Å². The van der Waals surface area contributed by atoms with Gasteiger partial charge in [-0.1, -0.05) is 0 Å². The lowest BCUT2D eigenvalue weighted by atomic mass is 9.96. The van der Waals surface area contributed by atoms with E-state index in [2.05, 4.69) is 15.2 Å². The van der Waals surface area contributed by atoms with Crippen molar-refractivity contribution in [3.63, 3.8) is 0 Å². The van der Waals surface area contributed by atoms with Gasteiger partial charge in [-0.05, 0) is 44.8 Å². The van der Waals surface area contributed by atoms with Gasteiger partial charge in [0.15, 0.2) is 0 Å². The van der Waals surface area contributed by atoms with E-state index in [9.17, 15) is 10.1 Å². The highest BCUT2D eigenvalue weighted by molar-refractivity contribution is 5.50. The van der Waals surface area contributed by atoms with E-state index < -0.39 is 4.92 Å². The number of nitrogens with one attached hydrogen (secondary N) is 1. The van der Waals surface area contributed by atoms with Gasteiger partial charge in [-0.2, -0.15) is 0 Å². The van der Waals surface area contributed by atoms with Crippen molar-refractivity contribution in [1.29, 1.82) is 0 Å². The fraction of sp³-hybridized carbons (Fsp3) is 0.615. The zero-order valence-electron chi connectivity index (χ0n) is 11.4. The highest BCUT2D eigenvalue weighted by atomic mass is 16.6. The number of nitro groups is 1. The molecule has 1 saturated heterocycles. The van der Waals surface area contributed by atoms with E-state index in [0.717, 1.165) is 49.8 Å². The van der Waals surface area contributed by atoms with Crippen LogP contribution in [-0.4, -0.2) is 36.6 Å². The van der Waals surface area contributed by atoms with Crippen molar-refractivity contribution in [2.75, 3.05) is 31.6 Å². The van der Waals surface area contributed by atoms with E-state index in [1.165, 1.54) is 6.20 Å². The quantitative estimate of drug-likeness (QED) is 0.662. The summed E-state index contributed by atoms with van der Waals surface area (Å²) in [4.78, 5) is 16.8. The third-order valence-corrected chi connectivity index (χ3v) is 3.65. The van der Waals surface area contributed by atoms with Gasteiger partial charge in [0, 0.05) is 19.2 Å². The lowest BCUT2D eigenvalue weighted by molar-refractivity contribution is -0.385. The maximum atomic E-state index is 10.7. The van der Waals surface area contributed by atoms with Gasteiger partial charge in [0.25, 0.3) is 5.69 Å². The summed E-state index contributed by atoms with van der Waals surface area (Å²) in [6, 6.07) is 1.60. The molecule has 104 valence electrons. The minimum Gasteiger partial charge on any atom is -0.356 e. The number of aryl methyl sites for hydroxylation is 1. The molecule has 0 unspecified atom stereocenters. The predicted octanol–water partition coefficient (Wildman–Crippen LogP) is 1.73. The molecule has 0 amide bonds. The molecule has 0 aromatic carbocycles. The Morgan fingerprint density at radius 1 is 1.53 bits per heavy atom. The molecule has 0 bridgehead atoms. The number of nitrogens with zero attached hydrogens (tertiary/aromatic N) is 3. The molecule has 1 aromatic heterocycles. The van der Waals surface area contributed by atoms with Crippen molar-refractivity contribution in [2.45, 2.75) is 19.8 Å². The molecule has 19 heavy (non-hydrogen) atoms. The Morgan fingerprint density at radius 3 is 2.74 bits per heavy atom. The normalized spacial score (nSPS) is 16.6. The summed E-state index contributed by atoms with van der Waals surface area (Å²) in [6.45, 7) is 4.88. The highest BCUT2D eigenvalue weighted by Crippen LogP contribution is 2.26. The summed E-state index contributed by atoms with van der Waals surface area (Å²) in [7, 11) is 1.98. The van der Waals surface area contributed by atoms with Crippen molar-refractivity contribution in [1.82, 2.24) is 10.3 Å². The lowest BCUT2D eigenvalue weighted by Gasteiger charge is -2.33. The molecule has 2 heterocycles. The second kappa shape index (κ2) is 5.97. The molecule has 0 saturated carbocycles. The molecular weight excluding hydrogens is 244 g/mol. The van der Waals surface area contributed by atoms with Crippen molar-refractivity contribution in [3.8, 4) is 0 Å². The number of pyridine rings is 1. The number of rotatable bonds is 4. The van der Waals surface area contributed by atoms with Crippen molar-refractivity contribution >= 4 is 11.5 Å². The van der Waals surface area contributed by atoms with Crippen LogP contribution in [0.2, 0.25) is 0 Å². The summed E-state index contributed by atoms with van der Waals surface area (Å²) in [5, 5.41) is 13.9. The van der Waals surface area contributed by atoms with Gasteiger partial charge >= 0.3 is 0 Å². The Morgan fingerprint density at radius 2 is 2.21 bits per heavy atom. The standard InChI is InChI=1S/C13H20N4O2/c1-10-7-12(17(18)19)9-15-13(10)16-5-3-11(4-6-16)8-14-2/h7,9,11,14H,3-6,8H2,1-2H3. The van der Waals surface area contributed by atoms with Crippen LogP contribution in [0.4, 0.5) is 11.5 Å². The van der Waals surface area contributed by atoms with E-state index in [1.54, 1.807) is 6.07 Å². The summed E-state index contributed by atoms with van der Waals surface area (Å²) in [6.07, 6.45) is 3.62. The molecule has 0 spiro atoms. The third kappa shape index (κ3) is 3.20. The fourth-order valence-corrected chi connectivity index (χ4v) is 2.62. The van der Waals surface area contributed by atoms with Crippen LogP contribution in [0.1, 0.15) is 18.4 Å². The van der Waals surface area contributed by atoms with Crippen LogP contribution in [-0.2, 0) is 0 Å². The van der Waals surface area contributed by atoms with E-state index in [1.807, 2.05) is 14.0 Å². The highest BCUT2D eigenvalue weighted by Gasteiger charge is 2.21. The number of piperidine rings is 1. The van der Waals surface area contributed by atoms with Gasteiger partial charge < -0.3 is 10.2 Å². The van der Waals surface area contributed by atoms with Gasteiger partial charge in [0.1, 0.15) is 12.0 Å². The first-order valence-corrected chi connectivity index (χ1v) is 6.62. The molecule has 0 aliphatic carbocycles. The SMILES string of the molecule is CNCC1CCN(c2ncc([N+](=O)[O-])cc2C)CC1. The van der Waals surface area contributed by atoms with E-state index in [-0.39, 0.29) is 5.69 Å². The van der Waals surface area contributed by atoms with Crippen molar-refractivity contribution in [2.24, 2.45) is 5.92 Å². The third-order valence-electron chi connectivity index (χ3n) is 3.65. The molecule has 6 nitrogen and oxygen atoms in total. The molecule has 0 radical (unpaired) electrons. The summed E-state index contributed by atoms with van der Waals surface area (Å²) >= 11 is 0. The monoisotopic (exact) mass is 264 g/mol. The summed E-state index contributed by atoms with van der Waals surface area (Å²) < 4.78 is 0. The Bertz CT molecular complexity index is 456. The molecule has 1 aliphatic heterocycles. The largest absolute Gasteiger partial charge is 0.356 e. The molecule has 1 fully saturated rings. The number of aromatic nitrogens is 1. The Balaban J connectivity index is 2.05.